The van der Waals surface area contributed by atoms with Gasteiger partial charge in [0.05, 0.1) is 0 Å². The van der Waals surface area contributed by atoms with Crippen LogP contribution in [-0.2, 0) is 0 Å². The Hall–Kier alpha value is -1.18. The predicted octanol–water partition coefficient (Wildman–Crippen LogP) is 2.92. The van der Waals surface area contributed by atoms with Crippen LogP contribution in [0.5, 0.6) is 0 Å². The first-order chi connectivity index (χ1) is 6.65. The van der Waals surface area contributed by atoms with Gasteiger partial charge in [-0.15, -0.1) is 0 Å². The molecule has 0 radical (unpaired) electrons. The van der Waals surface area contributed by atoms with Gasteiger partial charge in [-0.05, 0) is 39.3 Å². The third-order valence-corrected chi connectivity index (χ3v) is 2.19. The molecule has 2 nitrogen and oxygen atoms in total. The van der Waals surface area contributed by atoms with Crippen molar-refractivity contribution in [2.24, 2.45) is 4.99 Å². The molecule has 0 fully saturated rings. The largest absolute Gasteiger partial charge is 0.289 e. The van der Waals surface area contributed by atoms with E-state index in [9.17, 15) is 0 Å². The number of nitrogens with zero attached hydrogens (tertiary/aromatic N) is 2. The van der Waals surface area contributed by atoms with E-state index in [4.69, 9.17) is 0 Å². The fraction of sp³-hybridized carbons (Fsp3) is 0.500. The molecule has 14 heavy (non-hydrogen) atoms. The molecule has 0 atom stereocenters. The summed E-state index contributed by atoms with van der Waals surface area (Å²) in [5, 5.41) is 0. The molecule has 0 saturated carbocycles. The van der Waals surface area contributed by atoms with Crippen LogP contribution >= 0.6 is 0 Å². The maximum absolute atomic E-state index is 4.48. The van der Waals surface area contributed by atoms with Crippen molar-refractivity contribution in [3.05, 3.63) is 29.1 Å². The second-order valence-corrected chi connectivity index (χ2v) is 3.55. The first kappa shape index (κ1) is 10.9. The molecule has 0 aliphatic carbocycles. The molecule has 76 valence electrons. The van der Waals surface area contributed by atoms with E-state index in [1.165, 1.54) is 5.56 Å². The topological polar surface area (TPSA) is 25.2 Å². The van der Waals surface area contributed by atoms with Crippen molar-refractivity contribution in [1.29, 1.82) is 0 Å². The van der Waals surface area contributed by atoms with Gasteiger partial charge in [-0.2, -0.15) is 0 Å². The van der Waals surface area contributed by atoms with Crippen molar-refractivity contribution in [3.8, 4) is 0 Å². The predicted molar refractivity (Wildman–Crippen MR) is 61.1 cm³/mol. The Morgan fingerprint density at radius 2 is 2.07 bits per heavy atom. The lowest BCUT2D eigenvalue weighted by molar-refractivity contribution is 0.930. The lowest BCUT2D eigenvalue weighted by atomic mass is 10.1. The zero-order chi connectivity index (χ0) is 10.6. The van der Waals surface area contributed by atoms with E-state index in [0.717, 1.165) is 30.1 Å². The van der Waals surface area contributed by atoms with Gasteiger partial charge in [0.2, 0.25) is 0 Å². The van der Waals surface area contributed by atoms with Gasteiger partial charge >= 0.3 is 0 Å². The summed E-state index contributed by atoms with van der Waals surface area (Å²) < 4.78 is 0. The van der Waals surface area contributed by atoms with Crippen LogP contribution < -0.4 is 0 Å². The van der Waals surface area contributed by atoms with E-state index in [2.05, 4.69) is 29.9 Å². The van der Waals surface area contributed by atoms with Crippen molar-refractivity contribution < 1.29 is 0 Å². The Morgan fingerprint density at radius 3 is 2.64 bits per heavy atom. The third-order valence-electron chi connectivity index (χ3n) is 2.19. The number of aliphatic imine (C=N–C) groups is 1. The number of rotatable bonds is 3. The van der Waals surface area contributed by atoms with Crippen molar-refractivity contribution in [2.45, 2.75) is 34.1 Å². The summed E-state index contributed by atoms with van der Waals surface area (Å²) in [5.74, 6) is 0. The average Bonchev–Trinajstić information content (AvgIpc) is 2.14. The lowest BCUT2D eigenvalue weighted by Crippen LogP contribution is -2.02. The van der Waals surface area contributed by atoms with Crippen molar-refractivity contribution >= 4 is 5.71 Å². The summed E-state index contributed by atoms with van der Waals surface area (Å²) in [6, 6.07) is 4.14. The van der Waals surface area contributed by atoms with Gasteiger partial charge in [-0.3, -0.25) is 9.98 Å². The number of aromatic nitrogens is 1. The number of hydrogen-bond acceptors (Lipinski definition) is 2. The molecule has 0 saturated heterocycles. The van der Waals surface area contributed by atoms with Crippen LogP contribution in [0, 0.1) is 13.8 Å². The SMILES string of the molecule is CCC/N=C(/C)c1ccc(C)nc1C. The van der Waals surface area contributed by atoms with E-state index in [1.807, 2.05) is 19.9 Å². The Kier molecular flexibility index (Phi) is 3.81. The molecule has 1 aromatic heterocycles. The van der Waals surface area contributed by atoms with E-state index in [1.54, 1.807) is 0 Å². The fourth-order valence-corrected chi connectivity index (χ4v) is 1.43. The van der Waals surface area contributed by atoms with Crippen LogP contribution in [0.1, 0.15) is 37.2 Å². The molecule has 1 aromatic rings. The normalized spacial score (nSPS) is 11.9. The van der Waals surface area contributed by atoms with E-state index in [-0.39, 0.29) is 0 Å². The number of hydrogen-bond donors (Lipinski definition) is 0. The fourth-order valence-electron chi connectivity index (χ4n) is 1.43. The van der Waals surface area contributed by atoms with Gasteiger partial charge in [-0.1, -0.05) is 6.92 Å². The molecule has 0 unspecified atom stereocenters. The van der Waals surface area contributed by atoms with Crippen molar-refractivity contribution in [3.63, 3.8) is 0 Å². The minimum absolute atomic E-state index is 0.902. The minimum Gasteiger partial charge on any atom is -0.289 e. The van der Waals surface area contributed by atoms with E-state index in [0.29, 0.717) is 0 Å². The maximum Gasteiger partial charge on any atom is 0.0466 e. The van der Waals surface area contributed by atoms with Gasteiger partial charge in [-0.25, -0.2) is 0 Å². The highest BCUT2D eigenvalue weighted by Gasteiger charge is 2.02. The highest BCUT2D eigenvalue weighted by molar-refractivity contribution is 5.99. The first-order valence-corrected chi connectivity index (χ1v) is 5.10. The highest BCUT2D eigenvalue weighted by atomic mass is 14.7. The Morgan fingerprint density at radius 1 is 1.36 bits per heavy atom. The van der Waals surface area contributed by atoms with Gasteiger partial charge in [0, 0.05) is 29.2 Å². The zero-order valence-corrected chi connectivity index (χ0v) is 9.46. The number of aryl methyl sites for hydroxylation is 2. The van der Waals surface area contributed by atoms with Gasteiger partial charge in [0.25, 0.3) is 0 Å². The summed E-state index contributed by atoms with van der Waals surface area (Å²) in [4.78, 5) is 8.90. The third kappa shape index (κ3) is 2.66. The number of pyridine rings is 1. The zero-order valence-electron chi connectivity index (χ0n) is 9.46. The molecular weight excluding hydrogens is 172 g/mol. The highest BCUT2D eigenvalue weighted by Crippen LogP contribution is 2.08. The summed E-state index contributed by atoms with van der Waals surface area (Å²) in [6.07, 6.45) is 1.09. The molecule has 0 amide bonds. The van der Waals surface area contributed by atoms with E-state index < -0.39 is 0 Å². The smallest absolute Gasteiger partial charge is 0.0466 e. The summed E-state index contributed by atoms with van der Waals surface area (Å²) in [7, 11) is 0. The molecule has 0 spiro atoms. The van der Waals surface area contributed by atoms with E-state index >= 15 is 0 Å². The second kappa shape index (κ2) is 4.89. The molecule has 1 heterocycles. The molecule has 0 aliphatic heterocycles. The summed E-state index contributed by atoms with van der Waals surface area (Å²) in [6.45, 7) is 9.13. The van der Waals surface area contributed by atoms with Gasteiger partial charge in [0.15, 0.2) is 0 Å². The molecular formula is C12H18N2. The lowest BCUT2D eigenvalue weighted by Gasteiger charge is -2.05. The molecule has 0 bridgehead atoms. The summed E-state index contributed by atoms with van der Waals surface area (Å²) >= 11 is 0. The van der Waals surface area contributed by atoms with Crippen LogP contribution in [0.25, 0.3) is 0 Å². The van der Waals surface area contributed by atoms with Crippen molar-refractivity contribution in [1.82, 2.24) is 4.98 Å². The minimum atomic E-state index is 0.902. The molecule has 0 aromatic carbocycles. The Balaban J connectivity index is 2.95. The molecule has 2 heteroatoms. The molecule has 0 N–H and O–H groups in total. The van der Waals surface area contributed by atoms with Crippen LogP contribution in [0.15, 0.2) is 17.1 Å². The first-order valence-electron chi connectivity index (χ1n) is 5.10. The quantitative estimate of drug-likeness (QED) is 0.673. The standard InChI is InChI=1S/C12H18N2/c1-5-8-13-10(3)12-7-6-9(2)14-11(12)4/h6-7H,5,8H2,1-4H3/b13-10-. The molecule has 0 aliphatic rings. The van der Waals surface area contributed by atoms with Gasteiger partial charge < -0.3 is 0 Å². The Labute approximate surface area is 86.1 Å². The Bertz CT molecular complexity index is 340. The second-order valence-electron chi connectivity index (χ2n) is 3.55. The van der Waals surface area contributed by atoms with Gasteiger partial charge in [0.1, 0.15) is 0 Å². The molecule has 1 rings (SSSR count). The van der Waals surface area contributed by atoms with Crippen LogP contribution in [0.4, 0.5) is 0 Å². The summed E-state index contributed by atoms with van der Waals surface area (Å²) in [5.41, 5.74) is 4.40. The average molecular weight is 190 g/mol. The van der Waals surface area contributed by atoms with Crippen LogP contribution in [0.2, 0.25) is 0 Å². The maximum atomic E-state index is 4.48. The van der Waals surface area contributed by atoms with Crippen LogP contribution in [-0.4, -0.2) is 17.2 Å². The van der Waals surface area contributed by atoms with Crippen molar-refractivity contribution in [2.75, 3.05) is 6.54 Å². The van der Waals surface area contributed by atoms with Crippen LogP contribution in [0.3, 0.4) is 0 Å². The monoisotopic (exact) mass is 190 g/mol.